The van der Waals surface area contributed by atoms with Gasteiger partial charge in [0.05, 0.1) is 5.54 Å². The monoisotopic (exact) mass is 225 g/mol. The van der Waals surface area contributed by atoms with Crippen molar-refractivity contribution in [2.45, 2.75) is 37.6 Å². The number of rotatable bonds is 3. The third-order valence-corrected chi connectivity index (χ3v) is 3.31. The molecule has 88 valence electrons. The maximum atomic E-state index is 13.2. The summed E-state index contributed by atoms with van der Waals surface area (Å²) in [4.78, 5) is 0. The second kappa shape index (κ2) is 4.91. The molecule has 0 aliphatic carbocycles. The number of alkyl halides is 2. The number of benzene rings is 1. The van der Waals surface area contributed by atoms with Crippen LogP contribution in [0.15, 0.2) is 30.3 Å². The van der Waals surface area contributed by atoms with Crippen LogP contribution < -0.4 is 5.32 Å². The molecule has 16 heavy (non-hydrogen) atoms. The highest BCUT2D eigenvalue weighted by atomic mass is 19.3. The molecule has 1 fully saturated rings. The summed E-state index contributed by atoms with van der Waals surface area (Å²) < 4.78 is 26.4. The van der Waals surface area contributed by atoms with Crippen molar-refractivity contribution in [2.24, 2.45) is 0 Å². The second-order valence-corrected chi connectivity index (χ2v) is 4.50. The smallest absolute Gasteiger partial charge is 0.256 e. The molecule has 0 amide bonds. The van der Waals surface area contributed by atoms with E-state index < -0.39 is 12.0 Å². The maximum Gasteiger partial charge on any atom is 0.256 e. The second-order valence-electron chi connectivity index (χ2n) is 4.50. The first-order chi connectivity index (χ1) is 7.73. The first-order valence-corrected chi connectivity index (χ1v) is 5.80. The first-order valence-electron chi connectivity index (χ1n) is 5.80. The van der Waals surface area contributed by atoms with Crippen molar-refractivity contribution in [3.63, 3.8) is 0 Å². The number of piperidine rings is 1. The van der Waals surface area contributed by atoms with E-state index in [-0.39, 0.29) is 0 Å². The topological polar surface area (TPSA) is 12.0 Å². The Morgan fingerprint density at radius 2 is 1.94 bits per heavy atom. The molecule has 2 rings (SSSR count). The molecule has 1 aromatic rings. The highest BCUT2D eigenvalue weighted by Crippen LogP contribution is 2.29. The molecule has 1 atom stereocenters. The van der Waals surface area contributed by atoms with Gasteiger partial charge in [-0.2, -0.15) is 0 Å². The molecule has 1 unspecified atom stereocenters. The molecular formula is C13H17F2N. The summed E-state index contributed by atoms with van der Waals surface area (Å²) in [6, 6.07) is 9.54. The van der Waals surface area contributed by atoms with Gasteiger partial charge in [-0.25, -0.2) is 8.78 Å². The van der Waals surface area contributed by atoms with Gasteiger partial charge in [0.1, 0.15) is 0 Å². The van der Waals surface area contributed by atoms with E-state index in [0.29, 0.717) is 19.4 Å². The molecule has 1 aromatic carbocycles. The summed E-state index contributed by atoms with van der Waals surface area (Å²) >= 11 is 0. The third-order valence-electron chi connectivity index (χ3n) is 3.31. The van der Waals surface area contributed by atoms with Gasteiger partial charge in [0.2, 0.25) is 0 Å². The van der Waals surface area contributed by atoms with Gasteiger partial charge in [-0.3, -0.25) is 0 Å². The summed E-state index contributed by atoms with van der Waals surface area (Å²) in [6.07, 6.45) is 0.589. The molecule has 1 heterocycles. The van der Waals surface area contributed by atoms with E-state index in [4.69, 9.17) is 0 Å². The van der Waals surface area contributed by atoms with Crippen LogP contribution in [0, 0.1) is 0 Å². The predicted molar refractivity (Wildman–Crippen MR) is 60.7 cm³/mol. The van der Waals surface area contributed by atoms with E-state index in [1.54, 1.807) is 0 Å². The van der Waals surface area contributed by atoms with E-state index in [1.165, 1.54) is 0 Å². The fourth-order valence-electron chi connectivity index (χ4n) is 2.37. The Balaban J connectivity index is 2.14. The number of hydrogen-bond donors (Lipinski definition) is 1. The zero-order valence-corrected chi connectivity index (χ0v) is 9.26. The van der Waals surface area contributed by atoms with E-state index in [2.05, 4.69) is 5.32 Å². The SMILES string of the molecule is FC(F)C1(Cc2ccccc2)CCCCN1. The number of halogens is 2. The van der Waals surface area contributed by atoms with Crippen LogP contribution in [0.1, 0.15) is 24.8 Å². The number of hydrogen-bond acceptors (Lipinski definition) is 1. The molecule has 1 N–H and O–H groups in total. The maximum absolute atomic E-state index is 13.2. The van der Waals surface area contributed by atoms with Gasteiger partial charge in [0, 0.05) is 0 Å². The Hall–Kier alpha value is -0.960. The summed E-state index contributed by atoms with van der Waals surface area (Å²) in [5.74, 6) is 0. The van der Waals surface area contributed by atoms with Gasteiger partial charge in [0.15, 0.2) is 0 Å². The molecule has 0 bridgehead atoms. The quantitative estimate of drug-likeness (QED) is 0.833. The average Bonchev–Trinajstić information content (AvgIpc) is 2.31. The third kappa shape index (κ3) is 2.40. The molecular weight excluding hydrogens is 208 g/mol. The van der Waals surface area contributed by atoms with Crippen LogP contribution in [0.3, 0.4) is 0 Å². The van der Waals surface area contributed by atoms with Crippen molar-refractivity contribution in [2.75, 3.05) is 6.54 Å². The van der Waals surface area contributed by atoms with Crippen LogP contribution >= 0.6 is 0 Å². The minimum atomic E-state index is -2.30. The summed E-state index contributed by atoms with van der Waals surface area (Å²) in [5, 5.41) is 3.03. The standard InChI is InChI=1S/C13H17F2N/c14-12(15)13(8-4-5-9-16-13)10-11-6-2-1-3-7-11/h1-3,6-7,12,16H,4-5,8-10H2. The zero-order chi connectivity index (χ0) is 11.4. The lowest BCUT2D eigenvalue weighted by Crippen LogP contribution is -2.55. The first kappa shape index (κ1) is 11.5. The lowest BCUT2D eigenvalue weighted by atomic mass is 9.83. The van der Waals surface area contributed by atoms with Crippen molar-refractivity contribution in [1.82, 2.24) is 5.32 Å². The number of nitrogens with one attached hydrogen (secondary N) is 1. The van der Waals surface area contributed by atoms with Crippen LogP contribution in [0.5, 0.6) is 0 Å². The highest BCUT2D eigenvalue weighted by Gasteiger charge is 2.40. The summed E-state index contributed by atoms with van der Waals surface area (Å²) in [5.41, 5.74) is -0.0169. The van der Waals surface area contributed by atoms with Gasteiger partial charge in [-0.15, -0.1) is 0 Å². The molecule has 3 heteroatoms. The molecule has 0 saturated carbocycles. The fourth-order valence-corrected chi connectivity index (χ4v) is 2.37. The Morgan fingerprint density at radius 3 is 2.50 bits per heavy atom. The molecule has 1 aliphatic heterocycles. The minimum Gasteiger partial charge on any atom is -0.306 e. The van der Waals surface area contributed by atoms with Crippen molar-refractivity contribution >= 4 is 0 Å². The van der Waals surface area contributed by atoms with E-state index in [1.807, 2.05) is 30.3 Å². The van der Waals surface area contributed by atoms with Gasteiger partial charge in [-0.05, 0) is 31.4 Å². The van der Waals surface area contributed by atoms with Crippen LogP contribution in [0.2, 0.25) is 0 Å². The van der Waals surface area contributed by atoms with Crippen LogP contribution in [-0.2, 0) is 6.42 Å². The lowest BCUT2D eigenvalue weighted by molar-refractivity contribution is 0.0133. The molecule has 0 radical (unpaired) electrons. The van der Waals surface area contributed by atoms with Gasteiger partial charge >= 0.3 is 0 Å². The molecule has 1 aliphatic rings. The molecule has 1 nitrogen and oxygen atoms in total. The average molecular weight is 225 g/mol. The van der Waals surface area contributed by atoms with E-state index in [0.717, 1.165) is 18.4 Å². The fraction of sp³-hybridized carbons (Fsp3) is 0.538. The Bertz CT molecular complexity index is 318. The Kier molecular flexibility index (Phi) is 3.54. The van der Waals surface area contributed by atoms with Crippen molar-refractivity contribution in [1.29, 1.82) is 0 Å². The minimum absolute atomic E-state index is 0.422. The van der Waals surface area contributed by atoms with Gasteiger partial charge in [-0.1, -0.05) is 36.8 Å². The zero-order valence-electron chi connectivity index (χ0n) is 9.26. The van der Waals surface area contributed by atoms with E-state index in [9.17, 15) is 8.78 Å². The Morgan fingerprint density at radius 1 is 1.19 bits per heavy atom. The molecule has 1 saturated heterocycles. The summed E-state index contributed by atoms with van der Waals surface area (Å²) in [6.45, 7) is 0.706. The van der Waals surface area contributed by atoms with Crippen molar-refractivity contribution in [3.05, 3.63) is 35.9 Å². The lowest BCUT2D eigenvalue weighted by Gasteiger charge is -2.37. The van der Waals surface area contributed by atoms with Crippen molar-refractivity contribution < 1.29 is 8.78 Å². The molecule has 0 spiro atoms. The highest BCUT2D eigenvalue weighted by molar-refractivity contribution is 5.18. The van der Waals surface area contributed by atoms with E-state index >= 15 is 0 Å². The van der Waals surface area contributed by atoms with Gasteiger partial charge < -0.3 is 5.32 Å². The van der Waals surface area contributed by atoms with Crippen LogP contribution in [0.25, 0.3) is 0 Å². The van der Waals surface area contributed by atoms with Crippen LogP contribution in [0.4, 0.5) is 8.78 Å². The Labute approximate surface area is 94.9 Å². The predicted octanol–water partition coefficient (Wildman–Crippen LogP) is 3.01. The van der Waals surface area contributed by atoms with Crippen LogP contribution in [-0.4, -0.2) is 18.5 Å². The largest absolute Gasteiger partial charge is 0.306 e. The van der Waals surface area contributed by atoms with Gasteiger partial charge in [0.25, 0.3) is 6.43 Å². The normalized spacial score (nSPS) is 25.9. The summed E-state index contributed by atoms with van der Waals surface area (Å²) in [7, 11) is 0. The van der Waals surface area contributed by atoms with Crippen molar-refractivity contribution in [3.8, 4) is 0 Å². The molecule has 0 aromatic heterocycles.